The van der Waals surface area contributed by atoms with Gasteiger partial charge in [0.05, 0.1) is 5.56 Å². The van der Waals surface area contributed by atoms with Crippen LogP contribution in [0.2, 0.25) is 5.02 Å². The first-order valence-corrected chi connectivity index (χ1v) is 7.61. The van der Waals surface area contributed by atoms with Gasteiger partial charge in [-0.05, 0) is 36.4 Å². The second-order valence-corrected chi connectivity index (χ2v) is 6.35. The topological polar surface area (TPSA) is 46.2 Å². The van der Waals surface area contributed by atoms with Crippen LogP contribution in [-0.4, -0.2) is 8.42 Å². The number of hydrogen-bond acceptors (Lipinski definition) is 2. The zero-order valence-corrected chi connectivity index (χ0v) is 12.2. The molecular weight excluding hydrogens is 346 g/mol. The van der Waals surface area contributed by atoms with Gasteiger partial charge in [-0.3, -0.25) is 4.72 Å². The van der Waals surface area contributed by atoms with Crippen molar-refractivity contribution in [1.29, 1.82) is 0 Å². The van der Waals surface area contributed by atoms with Crippen LogP contribution in [0.4, 0.5) is 23.2 Å². The molecule has 0 unspecified atom stereocenters. The number of anilines is 1. The summed E-state index contributed by atoms with van der Waals surface area (Å²) >= 11 is 5.52. The maximum absolute atomic E-state index is 13.6. The van der Waals surface area contributed by atoms with Gasteiger partial charge in [0.2, 0.25) is 0 Å². The maximum Gasteiger partial charge on any atom is 0.416 e. The van der Waals surface area contributed by atoms with Gasteiger partial charge in [-0.2, -0.15) is 13.2 Å². The number of nitrogens with one attached hydrogen (secondary N) is 1. The fourth-order valence-electron chi connectivity index (χ4n) is 1.66. The van der Waals surface area contributed by atoms with E-state index in [1.54, 1.807) is 0 Å². The zero-order valence-electron chi connectivity index (χ0n) is 10.7. The summed E-state index contributed by atoms with van der Waals surface area (Å²) < 4.78 is 77.3. The van der Waals surface area contributed by atoms with Crippen molar-refractivity contribution in [3.63, 3.8) is 0 Å². The quantitative estimate of drug-likeness (QED) is 0.836. The van der Waals surface area contributed by atoms with Gasteiger partial charge >= 0.3 is 6.18 Å². The van der Waals surface area contributed by atoms with E-state index in [1.807, 2.05) is 4.72 Å². The molecule has 0 radical (unpaired) electrons. The fourth-order valence-corrected chi connectivity index (χ4v) is 2.93. The van der Waals surface area contributed by atoms with Crippen molar-refractivity contribution in [3.8, 4) is 0 Å². The van der Waals surface area contributed by atoms with Crippen LogP contribution in [0.15, 0.2) is 47.4 Å². The Kier molecular flexibility index (Phi) is 4.35. The molecule has 0 aromatic heterocycles. The van der Waals surface area contributed by atoms with Crippen LogP contribution in [0.25, 0.3) is 0 Å². The van der Waals surface area contributed by atoms with Crippen molar-refractivity contribution in [2.75, 3.05) is 4.72 Å². The van der Waals surface area contributed by atoms with Crippen LogP contribution in [-0.2, 0) is 16.2 Å². The maximum atomic E-state index is 13.6. The number of rotatable bonds is 3. The van der Waals surface area contributed by atoms with Gasteiger partial charge in [0.25, 0.3) is 10.0 Å². The van der Waals surface area contributed by atoms with Crippen molar-refractivity contribution >= 4 is 27.3 Å². The van der Waals surface area contributed by atoms with Crippen molar-refractivity contribution in [1.82, 2.24) is 0 Å². The molecule has 22 heavy (non-hydrogen) atoms. The highest BCUT2D eigenvalue weighted by atomic mass is 35.5. The summed E-state index contributed by atoms with van der Waals surface area (Å²) in [6.45, 7) is 0. The number of halogens is 5. The van der Waals surface area contributed by atoms with E-state index in [0.717, 1.165) is 36.4 Å². The largest absolute Gasteiger partial charge is 0.416 e. The second-order valence-electron chi connectivity index (χ2n) is 4.26. The number of sulfonamides is 1. The molecule has 0 aliphatic carbocycles. The van der Waals surface area contributed by atoms with Gasteiger partial charge < -0.3 is 0 Å². The molecule has 2 rings (SSSR count). The minimum Gasteiger partial charge on any atom is -0.280 e. The highest BCUT2D eigenvalue weighted by Gasteiger charge is 2.31. The van der Waals surface area contributed by atoms with Gasteiger partial charge in [-0.1, -0.05) is 17.7 Å². The Labute approximate surface area is 128 Å². The molecule has 0 saturated carbocycles. The normalized spacial score (nSPS) is 12.2. The average Bonchev–Trinajstić information content (AvgIpc) is 2.36. The molecule has 0 aliphatic rings. The molecule has 0 fully saturated rings. The lowest BCUT2D eigenvalue weighted by Crippen LogP contribution is -2.15. The van der Waals surface area contributed by atoms with Crippen molar-refractivity contribution in [3.05, 3.63) is 58.9 Å². The summed E-state index contributed by atoms with van der Waals surface area (Å²) in [5.74, 6) is -1.10. The summed E-state index contributed by atoms with van der Waals surface area (Å²) in [5.41, 5.74) is -1.35. The van der Waals surface area contributed by atoms with Crippen LogP contribution in [0.5, 0.6) is 0 Å². The third-order valence-corrected chi connectivity index (χ3v) is 4.28. The molecule has 0 saturated heterocycles. The van der Waals surface area contributed by atoms with Crippen LogP contribution in [0.1, 0.15) is 5.56 Å². The lowest BCUT2D eigenvalue weighted by molar-refractivity contribution is -0.137. The zero-order chi connectivity index (χ0) is 16.5. The summed E-state index contributed by atoms with van der Waals surface area (Å²) in [4.78, 5) is -0.714. The Morgan fingerprint density at radius 1 is 1.05 bits per heavy atom. The first-order chi connectivity index (χ1) is 10.1. The Morgan fingerprint density at radius 3 is 2.32 bits per heavy atom. The van der Waals surface area contributed by atoms with E-state index in [4.69, 9.17) is 11.6 Å². The number of hydrogen-bond donors (Lipinski definition) is 1. The summed E-state index contributed by atoms with van der Waals surface area (Å²) in [6, 6.07) is 6.45. The fraction of sp³-hybridized carbons (Fsp3) is 0.0769. The lowest BCUT2D eigenvalue weighted by Gasteiger charge is -2.11. The summed E-state index contributed by atoms with van der Waals surface area (Å²) in [5, 5.41) is -0.00415. The van der Waals surface area contributed by atoms with E-state index < -0.39 is 32.5 Å². The number of benzene rings is 2. The minimum atomic E-state index is -4.62. The molecule has 2 aromatic carbocycles. The summed E-state index contributed by atoms with van der Waals surface area (Å²) in [7, 11) is -4.37. The first kappa shape index (κ1) is 16.6. The van der Waals surface area contributed by atoms with Crippen molar-refractivity contribution < 1.29 is 26.0 Å². The standard InChI is InChI=1S/C13H8ClF4NO2S/c14-9-4-5-12(11(15)7-9)22(20,21)19-10-3-1-2-8(6-10)13(16,17)18/h1-7,19H. The predicted octanol–water partition coefficient (Wildman–Crippen LogP) is 4.30. The van der Waals surface area contributed by atoms with Gasteiger partial charge in [-0.15, -0.1) is 0 Å². The van der Waals surface area contributed by atoms with Crippen LogP contribution in [0.3, 0.4) is 0 Å². The SMILES string of the molecule is O=S(=O)(Nc1cccc(C(F)(F)F)c1)c1ccc(Cl)cc1F. The van der Waals surface area contributed by atoms with Gasteiger partial charge in [0, 0.05) is 10.7 Å². The monoisotopic (exact) mass is 353 g/mol. The molecular formula is C13H8ClF4NO2S. The smallest absolute Gasteiger partial charge is 0.280 e. The van der Waals surface area contributed by atoms with Crippen LogP contribution in [0, 0.1) is 5.82 Å². The Hall–Kier alpha value is -1.80. The van der Waals surface area contributed by atoms with Crippen LogP contribution >= 0.6 is 11.6 Å². The molecule has 9 heteroatoms. The Morgan fingerprint density at radius 2 is 1.73 bits per heavy atom. The molecule has 0 atom stereocenters. The van der Waals surface area contributed by atoms with E-state index in [9.17, 15) is 26.0 Å². The molecule has 0 aliphatic heterocycles. The van der Waals surface area contributed by atoms with E-state index >= 15 is 0 Å². The van der Waals surface area contributed by atoms with Crippen LogP contribution < -0.4 is 4.72 Å². The van der Waals surface area contributed by atoms with E-state index in [0.29, 0.717) is 6.07 Å². The Bertz CT molecular complexity index is 806. The molecule has 3 nitrogen and oxygen atoms in total. The third kappa shape index (κ3) is 3.69. The third-order valence-electron chi connectivity index (χ3n) is 2.63. The van der Waals surface area contributed by atoms with Gasteiger partial charge in [0.15, 0.2) is 0 Å². The molecule has 0 bridgehead atoms. The van der Waals surface area contributed by atoms with E-state index in [2.05, 4.69) is 0 Å². The molecule has 118 valence electrons. The van der Waals surface area contributed by atoms with E-state index in [-0.39, 0.29) is 10.7 Å². The second kappa shape index (κ2) is 5.77. The average molecular weight is 354 g/mol. The molecule has 0 heterocycles. The highest BCUT2D eigenvalue weighted by Crippen LogP contribution is 2.31. The number of alkyl halides is 3. The Balaban J connectivity index is 2.37. The minimum absolute atomic E-state index is 0.00415. The molecule has 0 spiro atoms. The molecule has 0 amide bonds. The first-order valence-electron chi connectivity index (χ1n) is 5.75. The summed E-state index contributed by atoms with van der Waals surface area (Å²) in [6.07, 6.45) is -4.62. The highest BCUT2D eigenvalue weighted by molar-refractivity contribution is 7.92. The van der Waals surface area contributed by atoms with Gasteiger partial charge in [-0.25, -0.2) is 12.8 Å². The molecule has 1 N–H and O–H groups in total. The van der Waals surface area contributed by atoms with Crippen molar-refractivity contribution in [2.24, 2.45) is 0 Å². The predicted molar refractivity (Wildman–Crippen MR) is 73.7 cm³/mol. The van der Waals surface area contributed by atoms with E-state index in [1.165, 1.54) is 0 Å². The van der Waals surface area contributed by atoms with Crippen molar-refractivity contribution in [2.45, 2.75) is 11.1 Å². The molecule has 2 aromatic rings. The van der Waals surface area contributed by atoms with Gasteiger partial charge in [0.1, 0.15) is 10.7 Å². The lowest BCUT2D eigenvalue weighted by atomic mass is 10.2.